The summed E-state index contributed by atoms with van der Waals surface area (Å²) in [5, 5.41) is 20.3. The molecule has 0 aliphatic carbocycles. The first kappa shape index (κ1) is 23.1. The lowest BCUT2D eigenvalue weighted by Gasteiger charge is -2.39. The maximum absolute atomic E-state index is 13.3. The Bertz CT molecular complexity index is 990. The quantitative estimate of drug-likeness (QED) is 0.491. The summed E-state index contributed by atoms with van der Waals surface area (Å²) in [5.41, 5.74) is 0.743. The molecule has 1 atom stereocenters. The Morgan fingerprint density at radius 3 is 2.38 bits per heavy atom. The van der Waals surface area contributed by atoms with Gasteiger partial charge in [-0.05, 0) is 36.2 Å². The Morgan fingerprint density at radius 2 is 1.81 bits per heavy atom. The SMILES string of the molecule is COc1ccc(C(=O)N2CCN([C@H](CCC(=O)O)c3ccc(F)cc3)CC2)cc1[N+](=O)[O-]. The van der Waals surface area contributed by atoms with E-state index in [0.717, 1.165) is 5.56 Å². The number of nitro groups is 1. The maximum Gasteiger partial charge on any atom is 0.311 e. The molecule has 1 aliphatic heterocycles. The second-order valence-electron chi connectivity index (χ2n) is 7.47. The van der Waals surface area contributed by atoms with Crippen molar-refractivity contribution in [2.24, 2.45) is 0 Å². The highest BCUT2D eigenvalue weighted by molar-refractivity contribution is 5.95. The Hall–Kier alpha value is -3.53. The lowest BCUT2D eigenvalue weighted by Crippen LogP contribution is -2.49. The zero-order chi connectivity index (χ0) is 23.3. The molecule has 0 saturated carbocycles. The molecular formula is C22H24FN3O6. The van der Waals surface area contributed by atoms with Crippen LogP contribution in [-0.4, -0.2) is 65.0 Å². The van der Waals surface area contributed by atoms with Crippen LogP contribution in [-0.2, 0) is 4.79 Å². The van der Waals surface area contributed by atoms with Crippen molar-refractivity contribution in [2.75, 3.05) is 33.3 Å². The van der Waals surface area contributed by atoms with Crippen molar-refractivity contribution in [3.63, 3.8) is 0 Å². The second kappa shape index (κ2) is 10.2. The van der Waals surface area contributed by atoms with Crippen LogP contribution < -0.4 is 4.74 Å². The summed E-state index contributed by atoms with van der Waals surface area (Å²) in [5.74, 6) is -1.52. The number of rotatable bonds is 8. The van der Waals surface area contributed by atoms with Gasteiger partial charge in [0.2, 0.25) is 0 Å². The molecule has 0 radical (unpaired) electrons. The molecule has 0 aromatic heterocycles. The van der Waals surface area contributed by atoms with E-state index in [0.29, 0.717) is 32.6 Å². The van der Waals surface area contributed by atoms with E-state index < -0.39 is 10.9 Å². The molecule has 10 heteroatoms. The van der Waals surface area contributed by atoms with Gasteiger partial charge in [-0.2, -0.15) is 0 Å². The molecule has 2 aromatic rings. The molecule has 2 aromatic carbocycles. The zero-order valence-electron chi connectivity index (χ0n) is 17.6. The van der Waals surface area contributed by atoms with Crippen molar-refractivity contribution < 1.29 is 28.7 Å². The number of piperazine rings is 1. The maximum atomic E-state index is 13.3. The molecule has 1 amide bonds. The molecule has 0 bridgehead atoms. The summed E-state index contributed by atoms with van der Waals surface area (Å²) in [6.45, 7) is 1.74. The Morgan fingerprint density at radius 1 is 1.16 bits per heavy atom. The molecule has 1 N–H and O–H groups in total. The standard InChI is InChI=1S/C22H24FN3O6/c1-32-20-8-4-16(14-19(20)26(30)31)22(29)25-12-10-24(11-13-25)18(7-9-21(27)28)15-2-5-17(23)6-3-15/h2-6,8,14,18H,7,9-13H2,1H3,(H,27,28)/t18-/m1/s1. The second-order valence-corrected chi connectivity index (χ2v) is 7.47. The fourth-order valence-corrected chi connectivity index (χ4v) is 3.89. The van der Waals surface area contributed by atoms with E-state index in [9.17, 15) is 24.1 Å². The van der Waals surface area contributed by atoms with Crippen LogP contribution in [0.4, 0.5) is 10.1 Å². The summed E-state index contributed by atoms with van der Waals surface area (Å²) in [6.07, 6.45) is 0.330. The van der Waals surface area contributed by atoms with Crippen molar-refractivity contribution in [1.82, 2.24) is 9.80 Å². The number of amides is 1. The zero-order valence-corrected chi connectivity index (χ0v) is 17.6. The first-order chi connectivity index (χ1) is 15.3. The van der Waals surface area contributed by atoms with Crippen molar-refractivity contribution in [2.45, 2.75) is 18.9 Å². The van der Waals surface area contributed by atoms with Crippen molar-refractivity contribution >= 4 is 17.6 Å². The number of hydrogen-bond acceptors (Lipinski definition) is 6. The van der Waals surface area contributed by atoms with E-state index in [1.165, 1.54) is 37.4 Å². The molecule has 170 valence electrons. The van der Waals surface area contributed by atoms with E-state index in [-0.39, 0.29) is 41.2 Å². The lowest BCUT2D eigenvalue weighted by molar-refractivity contribution is -0.385. The van der Waals surface area contributed by atoms with Crippen LogP contribution in [0.2, 0.25) is 0 Å². The van der Waals surface area contributed by atoms with Crippen molar-refractivity contribution in [3.05, 3.63) is 69.5 Å². The third kappa shape index (κ3) is 5.38. The summed E-state index contributed by atoms with van der Waals surface area (Å²) in [4.78, 5) is 38.3. The topological polar surface area (TPSA) is 113 Å². The minimum atomic E-state index is -0.910. The third-order valence-electron chi connectivity index (χ3n) is 5.55. The number of nitro benzene ring substituents is 1. The van der Waals surface area contributed by atoms with E-state index in [1.54, 1.807) is 17.0 Å². The highest BCUT2D eigenvalue weighted by Crippen LogP contribution is 2.30. The fraction of sp³-hybridized carbons (Fsp3) is 0.364. The molecular weight excluding hydrogens is 421 g/mol. The highest BCUT2D eigenvalue weighted by Gasteiger charge is 2.29. The number of ether oxygens (including phenoxy) is 1. The van der Waals surface area contributed by atoms with Crippen LogP contribution in [0.5, 0.6) is 5.75 Å². The Kier molecular flexibility index (Phi) is 7.37. The monoisotopic (exact) mass is 445 g/mol. The number of halogens is 1. The normalized spacial score (nSPS) is 15.2. The number of benzene rings is 2. The van der Waals surface area contributed by atoms with Crippen molar-refractivity contribution in [3.8, 4) is 5.75 Å². The molecule has 9 nitrogen and oxygen atoms in total. The average Bonchev–Trinajstić information content (AvgIpc) is 2.79. The summed E-state index contributed by atoms with van der Waals surface area (Å²) in [7, 11) is 1.32. The van der Waals surface area contributed by atoms with Gasteiger partial charge < -0.3 is 14.7 Å². The van der Waals surface area contributed by atoms with Crippen LogP contribution in [0.1, 0.15) is 34.8 Å². The fourth-order valence-electron chi connectivity index (χ4n) is 3.89. The lowest BCUT2D eigenvalue weighted by atomic mass is 9.99. The first-order valence-electron chi connectivity index (χ1n) is 10.1. The number of nitrogens with zero attached hydrogens (tertiary/aromatic N) is 3. The molecule has 3 rings (SSSR count). The van der Waals surface area contributed by atoms with Crippen LogP contribution in [0.25, 0.3) is 0 Å². The number of carboxylic acids is 1. The summed E-state index contributed by atoms with van der Waals surface area (Å²) in [6, 6.07) is 9.88. The largest absolute Gasteiger partial charge is 0.490 e. The van der Waals surface area contributed by atoms with E-state index in [2.05, 4.69) is 4.90 Å². The molecule has 1 saturated heterocycles. The number of hydrogen-bond donors (Lipinski definition) is 1. The van der Waals surface area contributed by atoms with E-state index in [4.69, 9.17) is 9.84 Å². The molecule has 0 unspecified atom stereocenters. The van der Waals surface area contributed by atoms with Crippen LogP contribution in [0, 0.1) is 15.9 Å². The van der Waals surface area contributed by atoms with E-state index >= 15 is 0 Å². The van der Waals surface area contributed by atoms with Gasteiger partial charge in [0.05, 0.1) is 12.0 Å². The molecule has 1 heterocycles. The Balaban J connectivity index is 1.71. The molecule has 1 fully saturated rings. The van der Waals surface area contributed by atoms with Gasteiger partial charge in [0.1, 0.15) is 5.82 Å². The summed E-state index contributed by atoms with van der Waals surface area (Å²) < 4.78 is 18.3. The van der Waals surface area contributed by atoms with Crippen LogP contribution in [0.3, 0.4) is 0 Å². The summed E-state index contributed by atoms with van der Waals surface area (Å²) >= 11 is 0. The smallest absolute Gasteiger partial charge is 0.311 e. The van der Waals surface area contributed by atoms with Gasteiger partial charge in [0.25, 0.3) is 5.91 Å². The van der Waals surface area contributed by atoms with Gasteiger partial charge in [-0.15, -0.1) is 0 Å². The number of carbonyl (C=O) groups is 2. The average molecular weight is 445 g/mol. The van der Waals surface area contributed by atoms with Gasteiger partial charge in [-0.25, -0.2) is 4.39 Å². The minimum Gasteiger partial charge on any atom is -0.490 e. The van der Waals surface area contributed by atoms with Gasteiger partial charge in [0, 0.05) is 50.3 Å². The number of carbonyl (C=O) groups excluding carboxylic acids is 1. The number of carboxylic acid groups (broad SMARTS) is 1. The van der Waals surface area contributed by atoms with Crippen LogP contribution in [0.15, 0.2) is 42.5 Å². The van der Waals surface area contributed by atoms with E-state index in [1.807, 2.05) is 0 Å². The van der Waals surface area contributed by atoms with Gasteiger partial charge in [0.15, 0.2) is 5.75 Å². The minimum absolute atomic E-state index is 0.0310. The van der Waals surface area contributed by atoms with Gasteiger partial charge in [-0.1, -0.05) is 12.1 Å². The predicted molar refractivity (Wildman–Crippen MR) is 113 cm³/mol. The molecule has 0 spiro atoms. The first-order valence-corrected chi connectivity index (χ1v) is 10.1. The molecule has 1 aliphatic rings. The molecule has 32 heavy (non-hydrogen) atoms. The number of methoxy groups -OCH3 is 1. The predicted octanol–water partition coefficient (Wildman–Crippen LogP) is 3.11. The van der Waals surface area contributed by atoms with Gasteiger partial charge >= 0.3 is 11.7 Å². The van der Waals surface area contributed by atoms with Crippen LogP contribution >= 0.6 is 0 Å². The third-order valence-corrected chi connectivity index (χ3v) is 5.55. The van der Waals surface area contributed by atoms with Gasteiger partial charge in [-0.3, -0.25) is 24.6 Å². The Labute approximate surface area is 184 Å². The number of aliphatic carboxylic acids is 1. The highest BCUT2D eigenvalue weighted by atomic mass is 19.1. The van der Waals surface area contributed by atoms with Crippen molar-refractivity contribution in [1.29, 1.82) is 0 Å².